The van der Waals surface area contributed by atoms with Gasteiger partial charge in [0.2, 0.25) is 0 Å². The average molecular weight is 228 g/mol. The third-order valence-electron chi connectivity index (χ3n) is 4.01. The minimum Gasteiger partial charge on any atom is -0.0651 e. The van der Waals surface area contributed by atoms with Gasteiger partial charge in [0.05, 0.1) is 0 Å². The highest BCUT2D eigenvalue weighted by molar-refractivity contribution is 5.79. The Kier molecular flexibility index (Phi) is 3.71. The van der Waals surface area contributed by atoms with Gasteiger partial charge in [-0.2, -0.15) is 0 Å². The summed E-state index contributed by atoms with van der Waals surface area (Å²) < 4.78 is 0. The van der Waals surface area contributed by atoms with Crippen molar-refractivity contribution in [3.63, 3.8) is 0 Å². The Hall–Kier alpha value is -1.04. The number of aryl methyl sites for hydroxylation is 1. The Balaban J connectivity index is 2.51. The molecule has 0 aliphatic heterocycles. The van der Waals surface area contributed by atoms with Crippen LogP contribution >= 0.6 is 0 Å². The predicted octanol–water partition coefficient (Wildman–Crippen LogP) is 5.47. The third-order valence-corrected chi connectivity index (χ3v) is 4.01. The van der Waals surface area contributed by atoms with Gasteiger partial charge >= 0.3 is 0 Å². The van der Waals surface area contributed by atoms with E-state index in [1.807, 2.05) is 0 Å². The minimum absolute atomic E-state index is 0.646. The van der Waals surface area contributed by atoms with Crippen LogP contribution in [0.15, 0.2) is 23.8 Å². The number of benzene rings is 1. The van der Waals surface area contributed by atoms with Crippen molar-refractivity contribution in [3.05, 3.63) is 40.5 Å². The first kappa shape index (κ1) is 12.4. The molecule has 1 aliphatic carbocycles. The fourth-order valence-corrected chi connectivity index (χ4v) is 3.31. The van der Waals surface area contributed by atoms with Crippen LogP contribution in [0.25, 0.3) is 5.57 Å². The predicted molar refractivity (Wildman–Crippen MR) is 76.3 cm³/mol. The first-order valence-corrected chi connectivity index (χ1v) is 7.02. The van der Waals surface area contributed by atoms with Gasteiger partial charge < -0.3 is 0 Å². The van der Waals surface area contributed by atoms with Crippen LogP contribution in [0.3, 0.4) is 0 Å². The maximum absolute atomic E-state index is 2.39. The summed E-state index contributed by atoms with van der Waals surface area (Å²) in [5, 5.41) is 0. The Morgan fingerprint density at radius 1 is 1.06 bits per heavy atom. The third kappa shape index (κ3) is 2.06. The van der Waals surface area contributed by atoms with E-state index < -0.39 is 0 Å². The van der Waals surface area contributed by atoms with Crippen molar-refractivity contribution < 1.29 is 0 Å². The first-order valence-electron chi connectivity index (χ1n) is 7.02. The van der Waals surface area contributed by atoms with Gasteiger partial charge in [0.25, 0.3) is 0 Å². The molecular weight excluding hydrogens is 204 g/mol. The summed E-state index contributed by atoms with van der Waals surface area (Å²) in [6.45, 7) is 9.22. The number of rotatable bonds is 4. The lowest BCUT2D eigenvalue weighted by Gasteiger charge is -2.12. The summed E-state index contributed by atoms with van der Waals surface area (Å²) in [4.78, 5) is 0. The van der Waals surface area contributed by atoms with E-state index in [4.69, 9.17) is 0 Å². The van der Waals surface area contributed by atoms with E-state index in [1.54, 1.807) is 22.3 Å². The second kappa shape index (κ2) is 5.08. The number of allylic oxidation sites excluding steroid dienone is 2. The quantitative estimate of drug-likeness (QED) is 0.641. The Bertz CT molecular complexity index is 437. The average Bonchev–Trinajstić information content (AvgIpc) is 2.57. The normalized spacial score (nSPS) is 18.7. The van der Waals surface area contributed by atoms with Gasteiger partial charge in [0.15, 0.2) is 0 Å². The standard InChI is InChI=1S/C17H24/c1-5-8-14-13(4)17-12(3)10-7-11-16(17)15(14)9-6-2/h7,10-11,13H,5-6,8-9H2,1-4H3. The molecule has 0 N–H and O–H groups in total. The van der Waals surface area contributed by atoms with E-state index in [0.717, 1.165) is 0 Å². The lowest BCUT2D eigenvalue weighted by Crippen LogP contribution is -1.95. The molecule has 17 heavy (non-hydrogen) atoms. The zero-order chi connectivity index (χ0) is 12.4. The molecule has 0 nitrogen and oxygen atoms in total. The number of hydrogen-bond donors (Lipinski definition) is 0. The van der Waals surface area contributed by atoms with Crippen LogP contribution in [0.5, 0.6) is 0 Å². The van der Waals surface area contributed by atoms with E-state index in [9.17, 15) is 0 Å². The van der Waals surface area contributed by atoms with Crippen LogP contribution in [0.4, 0.5) is 0 Å². The van der Waals surface area contributed by atoms with Gasteiger partial charge in [-0.05, 0) is 42.0 Å². The maximum atomic E-state index is 2.39. The summed E-state index contributed by atoms with van der Waals surface area (Å²) in [5.74, 6) is 0.646. The van der Waals surface area contributed by atoms with Gasteiger partial charge in [0, 0.05) is 5.92 Å². The van der Waals surface area contributed by atoms with Gasteiger partial charge in [-0.25, -0.2) is 0 Å². The SMILES string of the molecule is CCCC1=C(CCC)C(C)c2c(C)cccc21. The molecule has 0 saturated heterocycles. The highest BCUT2D eigenvalue weighted by atomic mass is 14.3. The molecule has 2 rings (SSSR count). The van der Waals surface area contributed by atoms with Crippen molar-refractivity contribution in [1.29, 1.82) is 0 Å². The van der Waals surface area contributed by atoms with E-state index in [-0.39, 0.29) is 0 Å². The van der Waals surface area contributed by atoms with Crippen molar-refractivity contribution in [2.24, 2.45) is 0 Å². The monoisotopic (exact) mass is 228 g/mol. The van der Waals surface area contributed by atoms with Crippen LogP contribution in [0.1, 0.15) is 69.1 Å². The van der Waals surface area contributed by atoms with Gasteiger partial charge in [-0.3, -0.25) is 0 Å². The Morgan fingerprint density at radius 2 is 1.76 bits per heavy atom. The molecule has 1 aromatic carbocycles. The van der Waals surface area contributed by atoms with E-state index >= 15 is 0 Å². The van der Waals surface area contributed by atoms with Crippen molar-refractivity contribution >= 4 is 5.57 Å². The maximum Gasteiger partial charge on any atom is 0.00345 e. The van der Waals surface area contributed by atoms with Crippen LogP contribution in [-0.4, -0.2) is 0 Å². The lowest BCUT2D eigenvalue weighted by atomic mass is 9.92. The molecule has 0 spiro atoms. The molecule has 0 fully saturated rings. The van der Waals surface area contributed by atoms with Crippen LogP contribution < -0.4 is 0 Å². The van der Waals surface area contributed by atoms with E-state index in [0.29, 0.717) is 5.92 Å². The van der Waals surface area contributed by atoms with Gasteiger partial charge in [-0.15, -0.1) is 0 Å². The van der Waals surface area contributed by atoms with E-state index in [1.165, 1.54) is 31.2 Å². The van der Waals surface area contributed by atoms with Crippen molar-refractivity contribution in [2.75, 3.05) is 0 Å². The number of fused-ring (bicyclic) bond motifs is 1. The summed E-state index contributed by atoms with van der Waals surface area (Å²) in [6.07, 6.45) is 5.03. The van der Waals surface area contributed by atoms with Gasteiger partial charge in [0.1, 0.15) is 0 Å². The molecule has 0 aromatic heterocycles. The van der Waals surface area contributed by atoms with Crippen LogP contribution in [0, 0.1) is 6.92 Å². The topological polar surface area (TPSA) is 0 Å². The van der Waals surface area contributed by atoms with E-state index in [2.05, 4.69) is 45.9 Å². The van der Waals surface area contributed by atoms with Gasteiger partial charge in [-0.1, -0.05) is 57.4 Å². The highest BCUT2D eigenvalue weighted by Gasteiger charge is 2.27. The van der Waals surface area contributed by atoms with Crippen molar-refractivity contribution in [2.45, 2.75) is 59.3 Å². The first-order chi connectivity index (χ1) is 8.20. The Morgan fingerprint density at radius 3 is 2.41 bits per heavy atom. The molecule has 92 valence electrons. The van der Waals surface area contributed by atoms with Crippen molar-refractivity contribution in [3.8, 4) is 0 Å². The fraction of sp³-hybridized carbons (Fsp3) is 0.529. The molecular formula is C17H24. The molecule has 0 heterocycles. The summed E-state index contributed by atoms with van der Waals surface area (Å²) in [6, 6.07) is 6.80. The molecule has 0 bridgehead atoms. The fourth-order valence-electron chi connectivity index (χ4n) is 3.31. The molecule has 0 amide bonds. The molecule has 0 saturated carbocycles. The zero-order valence-corrected chi connectivity index (χ0v) is 11.6. The second-order valence-corrected chi connectivity index (χ2v) is 5.26. The highest BCUT2D eigenvalue weighted by Crippen LogP contribution is 2.46. The lowest BCUT2D eigenvalue weighted by molar-refractivity contribution is 0.792. The molecule has 1 unspecified atom stereocenters. The molecule has 1 atom stereocenters. The van der Waals surface area contributed by atoms with Crippen LogP contribution in [-0.2, 0) is 0 Å². The number of hydrogen-bond acceptors (Lipinski definition) is 0. The Labute approximate surface area is 106 Å². The minimum atomic E-state index is 0.646. The van der Waals surface area contributed by atoms with Crippen LogP contribution in [0.2, 0.25) is 0 Å². The summed E-state index contributed by atoms with van der Waals surface area (Å²) >= 11 is 0. The largest absolute Gasteiger partial charge is 0.0651 e. The molecule has 0 radical (unpaired) electrons. The smallest absolute Gasteiger partial charge is 0.00345 e. The van der Waals surface area contributed by atoms with Crippen molar-refractivity contribution in [1.82, 2.24) is 0 Å². The zero-order valence-electron chi connectivity index (χ0n) is 11.6. The molecule has 1 aliphatic rings. The second-order valence-electron chi connectivity index (χ2n) is 5.26. The molecule has 1 aromatic rings. The molecule has 0 heteroatoms. The summed E-state index contributed by atoms with van der Waals surface area (Å²) in [5.41, 5.74) is 7.97. The summed E-state index contributed by atoms with van der Waals surface area (Å²) in [7, 11) is 0.